The van der Waals surface area contributed by atoms with Crippen LogP contribution in [0.1, 0.15) is 65.5 Å². The first-order chi connectivity index (χ1) is 17.8. The number of ether oxygens (including phenoxy) is 5. The second kappa shape index (κ2) is 7.07. The predicted octanol–water partition coefficient (Wildman–Crippen LogP) is 2.68. The highest BCUT2D eigenvalue weighted by molar-refractivity contribution is 5.97. The molecule has 4 aliphatic heterocycles. The van der Waals surface area contributed by atoms with Gasteiger partial charge in [-0.1, -0.05) is 6.92 Å². The van der Waals surface area contributed by atoms with Gasteiger partial charge in [0.15, 0.2) is 18.0 Å². The number of cyclic esters (lactones) is 2. The minimum absolute atomic E-state index is 0.0434. The third kappa shape index (κ3) is 2.48. The predicted molar refractivity (Wildman–Crippen MR) is 125 cm³/mol. The summed E-state index contributed by atoms with van der Waals surface area (Å²) in [4.78, 5) is 53.0. The van der Waals surface area contributed by atoms with Crippen LogP contribution >= 0.6 is 0 Å². The van der Waals surface area contributed by atoms with Crippen molar-refractivity contribution in [1.29, 1.82) is 0 Å². The molecule has 0 aromatic carbocycles. The Bertz CT molecular complexity index is 1270. The van der Waals surface area contributed by atoms with Crippen LogP contribution in [0.15, 0.2) is 23.0 Å². The molecular formula is C28H32O10. The Labute approximate surface area is 219 Å². The zero-order valence-electron chi connectivity index (χ0n) is 22.1. The molecule has 0 bridgehead atoms. The Balaban J connectivity index is 1.45. The number of hydrogen-bond donors (Lipinski definition) is 0. The highest BCUT2D eigenvalue weighted by atomic mass is 16.7. The molecule has 10 heteroatoms. The first-order valence-electron chi connectivity index (χ1n) is 13.3. The lowest BCUT2D eigenvalue weighted by molar-refractivity contribution is -0.240. The van der Waals surface area contributed by atoms with Crippen molar-refractivity contribution in [2.45, 2.75) is 89.5 Å². The number of fused-ring (bicyclic) bond motifs is 1. The number of epoxide rings is 1. The summed E-state index contributed by atoms with van der Waals surface area (Å²) in [6.45, 7) is 8.93. The van der Waals surface area contributed by atoms with E-state index in [1.54, 1.807) is 12.3 Å². The van der Waals surface area contributed by atoms with Gasteiger partial charge in [0.1, 0.15) is 18.3 Å². The van der Waals surface area contributed by atoms with E-state index in [0.717, 1.165) is 0 Å². The average molecular weight is 529 g/mol. The monoisotopic (exact) mass is 528 g/mol. The van der Waals surface area contributed by atoms with E-state index < -0.39 is 69.7 Å². The van der Waals surface area contributed by atoms with Crippen LogP contribution in [0, 0.1) is 28.1 Å². The smallest absolute Gasteiger partial charge is 0.339 e. The molecule has 0 amide bonds. The van der Waals surface area contributed by atoms with Crippen LogP contribution in [0.4, 0.5) is 0 Å². The maximum Gasteiger partial charge on any atom is 0.339 e. The summed E-state index contributed by atoms with van der Waals surface area (Å²) in [5.41, 5.74) is -4.21. The molecule has 0 N–H and O–H groups in total. The molecule has 204 valence electrons. The van der Waals surface area contributed by atoms with Gasteiger partial charge in [-0.15, -0.1) is 0 Å². The summed E-state index contributed by atoms with van der Waals surface area (Å²) in [6.07, 6.45) is 0.994. The van der Waals surface area contributed by atoms with E-state index in [1.165, 1.54) is 13.2 Å². The van der Waals surface area contributed by atoms with Crippen molar-refractivity contribution in [2.24, 2.45) is 28.1 Å². The van der Waals surface area contributed by atoms with Gasteiger partial charge >= 0.3 is 17.9 Å². The largest absolute Gasteiger partial charge is 0.472 e. The van der Waals surface area contributed by atoms with E-state index in [0.29, 0.717) is 18.4 Å². The molecule has 10 atom stereocenters. The minimum atomic E-state index is -1.26. The van der Waals surface area contributed by atoms with E-state index >= 15 is 0 Å². The lowest BCUT2D eigenvalue weighted by atomic mass is 9.36. The van der Waals surface area contributed by atoms with Crippen LogP contribution in [0.3, 0.4) is 0 Å². The quantitative estimate of drug-likeness (QED) is 0.321. The SMILES string of the molecule is CC(=O)OC1C(=O)[C@]2(C)[C@@H](CC[C@@]3(C)C(c4ccoc4)OC(=O)C4O[C@]432)[C@@]23COC(=O)CC2OC(C)(C)[C@H]13. The summed E-state index contributed by atoms with van der Waals surface area (Å²) < 4.78 is 35.7. The molecule has 0 radical (unpaired) electrons. The molecule has 7 rings (SSSR count). The molecule has 1 aromatic rings. The van der Waals surface area contributed by atoms with Crippen LogP contribution in [-0.4, -0.2) is 59.8 Å². The van der Waals surface area contributed by atoms with Crippen molar-refractivity contribution in [3.8, 4) is 0 Å². The van der Waals surface area contributed by atoms with Crippen LogP contribution in [0.5, 0.6) is 0 Å². The number of carbonyl (C=O) groups is 4. The summed E-state index contributed by atoms with van der Waals surface area (Å²) in [5, 5.41) is 0. The van der Waals surface area contributed by atoms with Gasteiger partial charge in [0.25, 0.3) is 0 Å². The fourth-order valence-electron chi connectivity index (χ4n) is 9.78. The minimum Gasteiger partial charge on any atom is -0.472 e. The normalized spacial score (nSPS) is 49.9. The van der Waals surface area contributed by atoms with E-state index in [4.69, 9.17) is 28.1 Å². The van der Waals surface area contributed by atoms with Gasteiger partial charge < -0.3 is 28.1 Å². The van der Waals surface area contributed by atoms with Crippen molar-refractivity contribution in [3.63, 3.8) is 0 Å². The highest BCUT2D eigenvalue weighted by Gasteiger charge is 2.91. The molecule has 10 nitrogen and oxygen atoms in total. The van der Waals surface area contributed by atoms with Crippen molar-refractivity contribution in [2.75, 3.05) is 6.61 Å². The molecular weight excluding hydrogens is 496 g/mol. The number of esters is 3. The fraction of sp³-hybridized carbons (Fsp3) is 0.714. The number of ketones is 1. The van der Waals surface area contributed by atoms with Crippen LogP contribution < -0.4 is 0 Å². The van der Waals surface area contributed by atoms with Gasteiger partial charge in [-0.2, -0.15) is 0 Å². The van der Waals surface area contributed by atoms with Crippen molar-refractivity contribution in [3.05, 3.63) is 24.2 Å². The fourth-order valence-corrected chi connectivity index (χ4v) is 9.78. The van der Waals surface area contributed by atoms with Crippen LogP contribution in [0.2, 0.25) is 0 Å². The van der Waals surface area contributed by atoms with E-state index in [9.17, 15) is 19.2 Å². The van der Waals surface area contributed by atoms with Gasteiger partial charge in [-0.05, 0) is 45.6 Å². The van der Waals surface area contributed by atoms with Crippen molar-refractivity contribution in [1.82, 2.24) is 0 Å². The molecule has 4 saturated heterocycles. The third-order valence-electron chi connectivity index (χ3n) is 11.0. The van der Waals surface area contributed by atoms with Crippen LogP contribution in [-0.2, 0) is 42.9 Å². The van der Waals surface area contributed by atoms with Gasteiger partial charge in [0.2, 0.25) is 0 Å². The molecule has 6 fully saturated rings. The lowest BCUT2D eigenvalue weighted by Gasteiger charge is -2.65. The van der Waals surface area contributed by atoms with E-state index in [1.807, 2.05) is 27.7 Å². The molecule has 6 aliphatic rings. The first-order valence-corrected chi connectivity index (χ1v) is 13.3. The Morgan fingerprint density at radius 2 is 1.84 bits per heavy atom. The molecule has 4 unspecified atom stereocenters. The molecule has 2 aliphatic carbocycles. The maximum absolute atomic E-state index is 14.8. The zero-order chi connectivity index (χ0) is 27.0. The summed E-state index contributed by atoms with van der Waals surface area (Å²) in [6, 6.07) is 1.76. The van der Waals surface area contributed by atoms with Gasteiger partial charge in [0.05, 0.1) is 36.1 Å². The Hall–Kier alpha value is -2.72. The van der Waals surface area contributed by atoms with E-state index in [2.05, 4.69) is 0 Å². The van der Waals surface area contributed by atoms with Crippen LogP contribution in [0.25, 0.3) is 0 Å². The lowest BCUT2D eigenvalue weighted by Crippen LogP contribution is -2.76. The molecule has 2 saturated carbocycles. The number of hydrogen-bond acceptors (Lipinski definition) is 10. The third-order valence-corrected chi connectivity index (χ3v) is 11.0. The van der Waals surface area contributed by atoms with Gasteiger partial charge in [-0.25, -0.2) is 4.79 Å². The Morgan fingerprint density at radius 1 is 1.08 bits per heavy atom. The maximum atomic E-state index is 14.8. The second-order valence-corrected chi connectivity index (χ2v) is 12.9. The number of furan rings is 1. The molecule has 1 aromatic heterocycles. The second-order valence-electron chi connectivity index (χ2n) is 12.9. The topological polar surface area (TPSA) is 131 Å². The van der Waals surface area contributed by atoms with Crippen molar-refractivity contribution < 1.29 is 47.3 Å². The van der Waals surface area contributed by atoms with Crippen molar-refractivity contribution >= 4 is 23.7 Å². The van der Waals surface area contributed by atoms with E-state index in [-0.39, 0.29) is 30.7 Å². The van der Waals surface area contributed by atoms with Gasteiger partial charge in [-0.3, -0.25) is 14.4 Å². The number of rotatable bonds is 2. The zero-order valence-corrected chi connectivity index (χ0v) is 22.1. The number of Topliss-reactive ketones (excluding diaryl/α,β-unsaturated/α-hetero) is 1. The van der Waals surface area contributed by atoms with Gasteiger partial charge in [0, 0.05) is 29.2 Å². The summed E-state index contributed by atoms with van der Waals surface area (Å²) in [7, 11) is 0. The standard InChI is InChI=1S/C28H32O10/c1-13(29)35-18-19-24(2,3)37-16-10-17(30)34-12-27(16,19)15-6-8-25(4)21(14-7-9-33-11-14)36-23(32)22-28(25,38-22)26(15,5)20(18)31/h7,9,11,15-16,18-19,21-22H,6,8,10,12H2,1-5H3/t15-,16?,18?,19+,21?,22?,25+,26+,27+,28-/m1/s1. The molecule has 2 spiro atoms. The molecule has 5 heterocycles. The Morgan fingerprint density at radius 3 is 2.53 bits per heavy atom. The molecule has 38 heavy (non-hydrogen) atoms. The highest BCUT2D eigenvalue weighted by Crippen LogP contribution is 2.79. The first kappa shape index (κ1) is 24.3. The summed E-state index contributed by atoms with van der Waals surface area (Å²) >= 11 is 0. The summed E-state index contributed by atoms with van der Waals surface area (Å²) in [5.74, 6) is -2.65. The number of carbonyl (C=O) groups excluding carboxylic acids is 4. The Kier molecular flexibility index (Phi) is 4.53. The average Bonchev–Trinajstić information content (AvgIpc) is 3.31.